The molecule has 0 saturated heterocycles. The number of ether oxygens (including phenoxy) is 2. The molecular weight excluding hydrogens is 280 g/mol. The number of carbonyl (C=O) groups is 1. The Labute approximate surface area is 118 Å². The van der Waals surface area contributed by atoms with Crippen LogP contribution in [0.5, 0.6) is 17.2 Å². The smallest absolute Gasteiger partial charge is 0.383 e. The van der Waals surface area contributed by atoms with Gasteiger partial charge in [-0.15, -0.1) is 0 Å². The monoisotopic (exact) mass is 292 g/mol. The number of hydrogen-bond donors (Lipinski definition) is 2. The van der Waals surface area contributed by atoms with Crippen LogP contribution in [0.2, 0.25) is 0 Å². The number of fused-ring (bicyclic) bond motifs is 1. The molecule has 0 aliphatic rings. The van der Waals surface area contributed by atoms with Crippen molar-refractivity contribution in [1.82, 2.24) is 0 Å². The third-order valence-corrected chi connectivity index (χ3v) is 2.50. The molecule has 0 aliphatic heterocycles. The number of carboxylic acid groups (broad SMARTS) is 1. The van der Waals surface area contributed by atoms with Gasteiger partial charge in [0.2, 0.25) is 0 Å². The van der Waals surface area contributed by atoms with E-state index in [2.05, 4.69) is 0 Å². The third kappa shape index (κ3) is 2.97. The molecule has 1 aromatic carbocycles. The highest BCUT2D eigenvalue weighted by Crippen LogP contribution is 2.35. The number of carboxylic acids is 1. The maximum Gasteiger partial charge on any atom is 0.383 e. The molecule has 0 bridgehead atoms. The fourth-order valence-corrected chi connectivity index (χ4v) is 1.66. The Morgan fingerprint density at radius 1 is 1.43 bits per heavy atom. The molecule has 2 N–H and O–H groups in total. The number of benzene rings is 1. The minimum Gasteiger partial charge on any atom is -0.504 e. The Morgan fingerprint density at radius 2 is 2.19 bits per heavy atom. The Kier molecular flexibility index (Phi) is 4.13. The Morgan fingerprint density at radius 3 is 2.86 bits per heavy atom. The minimum absolute atomic E-state index is 0.0416. The zero-order valence-electron chi connectivity index (χ0n) is 11.0. The Hall–Kier alpha value is -2.96. The molecule has 0 unspecified atom stereocenters. The lowest BCUT2D eigenvalue weighted by Gasteiger charge is -2.08. The van der Waals surface area contributed by atoms with Crippen LogP contribution in [0.3, 0.4) is 0 Å². The number of rotatable bonds is 5. The summed E-state index contributed by atoms with van der Waals surface area (Å²) in [5.41, 5.74) is -0.946. The van der Waals surface area contributed by atoms with Crippen LogP contribution in [0.4, 0.5) is 0 Å². The summed E-state index contributed by atoms with van der Waals surface area (Å²) in [4.78, 5) is 22.3. The first-order valence-electron chi connectivity index (χ1n) is 5.95. The molecule has 0 aliphatic carbocycles. The average molecular weight is 292 g/mol. The summed E-state index contributed by atoms with van der Waals surface area (Å²) in [6.07, 6.45) is 2.76. The van der Waals surface area contributed by atoms with Gasteiger partial charge in [-0.25, -0.2) is 9.59 Å². The zero-order valence-corrected chi connectivity index (χ0v) is 11.0. The highest BCUT2D eigenvalue weighted by atomic mass is 16.5. The van der Waals surface area contributed by atoms with Crippen molar-refractivity contribution in [2.75, 3.05) is 6.61 Å². The van der Waals surface area contributed by atoms with Crippen LogP contribution in [0.1, 0.15) is 6.92 Å². The second-order valence-corrected chi connectivity index (χ2v) is 3.97. The van der Waals surface area contributed by atoms with Crippen LogP contribution in [-0.2, 0) is 4.79 Å². The molecule has 1 aromatic heterocycles. The summed E-state index contributed by atoms with van der Waals surface area (Å²) in [5, 5.41) is 18.8. The molecule has 7 heteroatoms. The van der Waals surface area contributed by atoms with Gasteiger partial charge in [-0.3, -0.25) is 0 Å². The zero-order chi connectivity index (χ0) is 15.4. The summed E-state index contributed by atoms with van der Waals surface area (Å²) in [5.74, 6) is -1.89. The van der Waals surface area contributed by atoms with Gasteiger partial charge in [-0.05, 0) is 19.1 Å². The summed E-state index contributed by atoms with van der Waals surface area (Å²) in [6.45, 7) is 1.08. The van der Waals surface area contributed by atoms with Gasteiger partial charge in [-0.1, -0.05) is 12.1 Å². The SMILES string of the molecule is CC=COc1c(O)c2cccc(OCC(=O)O)c2oc1=O. The van der Waals surface area contributed by atoms with Crippen molar-refractivity contribution in [3.8, 4) is 17.2 Å². The van der Waals surface area contributed by atoms with Crippen LogP contribution in [0.25, 0.3) is 11.0 Å². The van der Waals surface area contributed by atoms with E-state index in [0.29, 0.717) is 0 Å². The van der Waals surface area contributed by atoms with Gasteiger partial charge in [0.25, 0.3) is 5.75 Å². The summed E-state index contributed by atoms with van der Waals surface area (Å²) in [6, 6.07) is 4.45. The third-order valence-electron chi connectivity index (χ3n) is 2.50. The molecule has 0 amide bonds. The number of para-hydroxylation sites is 1. The molecule has 0 saturated carbocycles. The van der Waals surface area contributed by atoms with Gasteiger partial charge in [0.05, 0.1) is 11.6 Å². The van der Waals surface area contributed by atoms with E-state index in [4.69, 9.17) is 19.0 Å². The van der Waals surface area contributed by atoms with Crippen molar-refractivity contribution < 1.29 is 28.9 Å². The number of hydrogen-bond acceptors (Lipinski definition) is 6. The lowest BCUT2D eigenvalue weighted by molar-refractivity contribution is -0.139. The van der Waals surface area contributed by atoms with Gasteiger partial charge in [0, 0.05) is 0 Å². The van der Waals surface area contributed by atoms with E-state index in [1.807, 2.05) is 0 Å². The highest BCUT2D eigenvalue weighted by molar-refractivity contribution is 5.89. The summed E-state index contributed by atoms with van der Waals surface area (Å²) < 4.78 is 15.0. The van der Waals surface area contributed by atoms with E-state index in [1.54, 1.807) is 6.92 Å². The van der Waals surface area contributed by atoms with Crippen molar-refractivity contribution in [2.45, 2.75) is 6.92 Å². The van der Waals surface area contributed by atoms with Gasteiger partial charge in [0.15, 0.2) is 23.7 Å². The standard InChI is InChI=1S/C14H12O7/c1-2-6-19-13-11(17)8-4-3-5-9(20-7-10(15)16)12(8)21-14(13)18/h2-6,17H,7H2,1H3,(H,15,16). The number of allylic oxidation sites excluding steroid dienone is 1. The molecule has 7 nitrogen and oxygen atoms in total. The predicted octanol–water partition coefficient (Wildman–Crippen LogP) is 1.87. The molecule has 0 radical (unpaired) electrons. The van der Waals surface area contributed by atoms with Crippen molar-refractivity contribution in [3.05, 3.63) is 41.0 Å². The summed E-state index contributed by atoms with van der Waals surface area (Å²) in [7, 11) is 0. The van der Waals surface area contributed by atoms with Crippen LogP contribution < -0.4 is 15.1 Å². The van der Waals surface area contributed by atoms with Crippen molar-refractivity contribution in [3.63, 3.8) is 0 Å². The van der Waals surface area contributed by atoms with Crippen molar-refractivity contribution in [2.24, 2.45) is 0 Å². The number of aliphatic carboxylic acids is 1. The van der Waals surface area contributed by atoms with Gasteiger partial charge in [-0.2, -0.15) is 0 Å². The fourth-order valence-electron chi connectivity index (χ4n) is 1.66. The number of aromatic hydroxyl groups is 1. The molecule has 2 aromatic rings. The second-order valence-electron chi connectivity index (χ2n) is 3.97. The first-order valence-corrected chi connectivity index (χ1v) is 5.95. The van der Waals surface area contributed by atoms with Crippen LogP contribution in [0, 0.1) is 0 Å². The Balaban J connectivity index is 2.57. The van der Waals surface area contributed by atoms with Crippen LogP contribution >= 0.6 is 0 Å². The second kappa shape index (κ2) is 6.00. The molecule has 2 rings (SSSR count). The van der Waals surface area contributed by atoms with E-state index in [9.17, 15) is 14.7 Å². The largest absolute Gasteiger partial charge is 0.504 e. The van der Waals surface area contributed by atoms with Gasteiger partial charge < -0.3 is 24.1 Å². The van der Waals surface area contributed by atoms with Gasteiger partial charge >= 0.3 is 11.6 Å². The predicted molar refractivity (Wildman–Crippen MR) is 72.7 cm³/mol. The maximum absolute atomic E-state index is 11.8. The lowest BCUT2D eigenvalue weighted by Crippen LogP contribution is -2.10. The molecule has 0 fully saturated rings. The summed E-state index contributed by atoms with van der Waals surface area (Å²) >= 11 is 0. The Bertz CT molecular complexity index is 758. The average Bonchev–Trinajstić information content (AvgIpc) is 2.45. The minimum atomic E-state index is -1.17. The first kappa shape index (κ1) is 14.4. The molecule has 110 valence electrons. The van der Waals surface area contributed by atoms with Crippen LogP contribution in [-0.4, -0.2) is 22.8 Å². The van der Waals surface area contributed by atoms with E-state index in [-0.39, 0.29) is 22.5 Å². The van der Waals surface area contributed by atoms with E-state index < -0.39 is 24.0 Å². The van der Waals surface area contributed by atoms with E-state index in [1.165, 1.54) is 30.5 Å². The lowest BCUT2D eigenvalue weighted by atomic mass is 10.2. The van der Waals surface area contributed by atoms with Crippen LogP contribution in [0.15, 0.2) is 39.7 Å². The maximum atomic E-state index is 11.8. The van der Waals surface area contributed by atoms with E-state index >= 15 is 0 Å². The van der Waals surface area contributed by atoms with Crippen molar-refractivity contribution in [1.29, 1.82) is 0 Å². The van der Waals surface area contributed by atoms with Gasteiger partial charge in [0.1, 0.15) is 0 Å². The normalized spacial score (nSPS) is 10.9. The molecule has 1 heterocycles. The first-order chi connectivity index (χ1) is 10.0. The highest BCUT2D eigenvalue weighted by Gasteiger charge is 2.18. The molecule has 21 heavy (non-hydrogen) atoms. The quantitative estimate of drug-likeness (QED) is 0.640. The molecule has 0 spiro atoms. The molecular formula is C14H12O7. The van der Waals surface area contributed by atoms with Crippen molar-refractivity contribution >= 4 is 16.9 Å². The fraction of sp³-hybridized carbons (Fsp3) is 0.143. The topological polar surface area (TPSA) is 106 Å². The molecule has 0 atom stereocenters. The van der Waals surface area contributed by atoms with E-state index in [0.717, 1.165) is 0 Å².